The number of amides is 1. The van der Waals surface area contributed by atoms with E-state index < -0.39 is 0 Å². The second-order valence-corrected chi connectivity index (χ2v) is 5.69. The Bertz CT molecular complexity index is 440. The molecule has 0 radical (unpaired) electrons. The summed E-state index contributed by atoms with van der Waals surface area (Å²) in [5.41, 5.74) is 1.88. The summed E-state index contributed by atoms with van der Waals surface area (Å²) in [5.74, 6) is 0.617. The smallest absolute Gasteiger partial charge is 0.226 e. The van der Waals surface area contributed by atoms with Crippen molar-refractivity contribution >= 4 is 17.3 Å². The molecule has 0 bridgehead atoms. The van der Waals surface area contributed by atoms with Gasteiger partial charge in [-0.05, 0) is 37.0 Å². The molecule has 4 heteroatoms. The number of carbonyl (C=O) groups is 1. The second-order valence-electron chi connectivity index (χ2n) is 5.69. The molecule has 1 fully saturated rings. The predicted molar refractivity (Wildman–Crippen MR) is 81.9 cm³/mol. The maximum absolute atomic E-state index is 11.7. The van der Waals surface area contributed by atoms with Crippen LogP contribution in [0.3, 0.4) is 0 Å². The lowest BCUT2D eigenvalue weighted by Gasteiger charge is -2.22. The van der Waals surface area contributed by atoms with Gasteiger partial charge in [-0.15, -0.1) is 0 Å². The minimum atomic E-state index is -0.00833. The van der Waals surface area contributed by atoms with Crippen LogP contribution in [0.5, 0.6) is 0 Å². The number of hydrogen-bond acceptors (Lipinski definition) is 3. The van der Waals surface area contributed by atoms with Crippen LogP contribution < -0.4 is 10.6 Å². The number of nitrogens with one attached hydrogen (secondary N) is 2. The molecule has 1 aromatic rings. The first kappa shape index (κ1) is 14.9. The van der Waals surface area contributed by atoms with Crippen LogP contribution >= 0.6 is 0 Å². The van der Waals surface area contributed by atoms with E-state index in [9.17, 15) is 4.79 Å². The van der Waals surface area contributed by atoms with Crippen molar-refractivity contribution in [3.05, 3.63) is 24.3 Å². The van der Waals surface area contributed by atoms with Crippen molar-refractivity contribution < 1.29 is 9.53 Å². The predicted octanol–water partition coefficient (Wildman–Crippen LogP) is 3.12. The molecule has 0 saturated carbocycles. The van der Waals surface area contributed by atoms with Gasteiger partial charge < -0.3 is 15.4 Å². The second kappa shape index (κ2) is 7.29. The fourth-order valence-electron chi connectivity index (χ4n) is 2.22. The lowest BCUT2D eigenvalue weighted by atomic mass is 10.0. The Morgan fingerprint density at radius 2 is 2.20 bits per heavy atom. The Labute approximate surface area is 120 Å². The molecular weight excluding hydrogens is 252 g/mol. The number of hydrogen-bond donors (Lipinski definition) is 2. The van der Waals surface area contributed by atoms with Crippen molar-refractivity contribution in [2.75, 3.05) is 30.4 Å². The Hall–Kier alpha value is -1.55. The maximum Gasteiger partial charge on any atom is 0.226 e. The van der Waals surface area contributed by atoms with Crippen molar-refractivity contribution in [1.29, 1.82) is 0 Å². The standard InChI is InChI=1S/C16H24N2O2/c1-12(2)16(19)18-15-7-3-6-14(9-15)17-10-13-5-4-8-20-11-13/h3,6-7,9,12-13,17H,4-5,8,10-11H2,1-2H3,(H,18,19). The average Bonchev–Trinajstić information content (AvgIpc) is 2.46. The van der Waals surface area contributed by atoms with E-state index >= 15 is 0 Å². The van der Waals surface area contributed by atoms with Crippen LogP contribution in [0.1, 0.15) is 26.7 Å². The molecule has 2 rings (SSSR count). The molecule has 0 spiro atoms. The topological polar surface area (TPSA) is 50.4 Å². The minimum absolute atomic E-state index is 0.00833. The molecule has 0 aliphatic carbocycles. The summed E-state index contributed by atoms with van der Waals surface area (Å²) in [6.45, 7) is 6.44. The minimum Gasteiger partial charge on any atom is -0.385 e. The molecule has 1 saturated heterocycles. The first-order chi connectivity index (χ1) is 9.65. The summed E-state index contributed by atoms with van der Waals surface area (Å²) in [6, 6.07) is 7.86. The third-order valence-corrected chi connectivity index (χ3v) is 3.50. The molecule has 110 valence electrons. The molecule has 1 heterocycles. The fraction of sp³-hybridized carbons (Fsp3) is 0.562. The molecule has 1 aliphatic heterocycles. The molecule has 2 N–H and O–H groups in total. The van der Waals surface area contributed by atoms with E-state index in [4.69, 9.17) is 4.74 Å². The van der Waals surface area contributed by atoms with E-state index in [1.807, 2.05) is 38.1 Å². The molecule has 1 unspecified atom stereocenters. The molecular formula is C16H24N2O2. The molecule has 1 aromatic carbocycles. The van der Waals surface area contributed by atoms with E-state index in [0.717, 1.165) is 37.6 Å². The van der Waals surface area contributed by atoms with E-state index in [0.29, 0.717) is 5.92 Å². The van der Waals surface area contributed by atoms with Crippen molar-refractivity contribution in [3.63, 3.8) is 0 Å². The van der Waals surface area contributed by atoms with Gasteiger partial charge in [-0.3, -0.25) is 4.79 Å². The van der Waals surface area contributed by atoms with Gasteiger partial charge in [0.25, 0.3) is 0 Å². The highest BCUT2D eigenvalue weighted by Gasteiger charge is 2.13. The summed E-state index contributed by atoms with van der Waals surface area (Å²) in [4.78, 5) is 11.7. The molecule has 4 nitrogen and oxygen atoms in total. The zero-order valence-corrected chi connectivity index (χ0v) is 12.3. The summed E-state index contributed by atoms with van der Waals surface area (Å²) in [6.07, 6.45) is 2.37. The van der Waals surface area contributed by atoms with Crippen molar-refractivity contribution in [2.45, 2.75) is 26.7 Å². The average molecular weight is 276 g/mol. The maximum atomic E-state index is 11.7. The number of anilines is 2. The summed E-state index contributed by atoms with van der Waals surface area (Å²) in [5, 5.41) is 6.34. The van der Waals surface area contributed by atoms with Crippen LogP contribution in [0, 0.1) is 11.8 Å². The van der Waals surface area contributed by atoms with Crippen molar-refractivity contribution in [3.8, 4) is 0 Å². The number of carbonyl (C=O) groups excluding carboxylic acids is 1. The molecule has 1 aliphatic rings. The number of benzene rings is 1. The van der Waals surface area contributed by atoms with Crippen LogP contribution in [0.4, 0.5) is 11.4 Å². The largest absolute Gasteiger partial charge is 0.385 e. The monoisotopic (exact) mass is 276 g/mol. The Morgan fingerprint density at radius 3 is 2.90 bits per heavy atom. The van der Waals surface area contributed by atoms with Gasteiger partial charge >= 0.3 is 0 Å². The zero-order chi connectivity index (χ0) is 14.4. The third kappa shape index (κ3) is 4.53. The fourth-order valence-corrected chi connectivity index (χ4v) is 2.22. The third-order valence-electron chi connectivity index (χ3n) is 3.50. The van der Waals surface area contributed by atoms with Crippen LogP contribution in [-0.2, 0) is 9.53 Å². The van der Waals surface area contributed by atoms with Gasteiger partial charge in [0.05, 0.1) is 6.61 Å². The number of ether oxygens (including phenoxy) is 1. The highest BCUT2D eigenvalue weighted by atomic mass is 16.5. The summed E-state index contributed by atoms with van der Waals surface area (Å²) >= 11 is 0. The van der Waals surface area contributed by atoms with E-state index in [2.05, 4.69) is 10.6 Å². The lowest BCUT2D eigenvalue weighted by molar-refractivity contribution is -0.118. The van der Waals surface area contributed by atoms with Crippen molar-refractivity contribution in [2.24, 2.45) is 11.8 Å². The van der Waals surface area contributed by atoms with Gasteiger partial charge in [0.1, 0.15) is 0 Å². The first-order valence-electron chi connectivity index (χ1n) is 7.37. The lowest BCUT2D eigenvalue weighted by Crippen LogP contribution is -2.24. The highest BCUT2D eigenvalue weighted by Crippen LogP contribution is 2.18. The quantitative estimate of drug-likeness (QED) is 0.868. The molecule has 1 atom stereocenters. The Kier molecular flexibility index (Phi) is 5.41. The Morgan fingerprint density at radius 1 is 1.40 bits per heavy atom. The zero-order valence-electron chi connectivity index (χ0n) is 12.3. The van der Waals surface area contributed by atoms with Crippen LogP contribution in [0.25, 0.3) is 0 Å². The Balaban J connectivity index is 1.87. The van der Waals surface area contributed by atoms with Crippen LogP contribution in [0.15, 0.2) is 24.3 Å². The van der Waals surface area contributed by atoms with Gasteiger partial charge in [0.2, 0.25) is 5.91 Å². The molecule has 0 aromatic heterocycles. The van der Waals surface area contributed by atoms with Gasteiger partial charge in [-0.25, -0.2) is 0 Å². The van der Waals surface area contributed by atoms with Gasteiger partial charge in [0.15, 0.2) is 0 Å². The first-order valence-corrected chi connectivity index (χ1v) is 7.37. The van der Waals surface area contributed by atoms with E-state index in [-0.39, 0.29) is 11.8 Å². The van der Waals surface area contributed by atoms with Gasteiger partial charge in [-0.2, -0.15) is 0 Å². The summed E-state index contributed by atoms with van der Waals surface area (Å²) < 4.78 is 5.48. The van der Waals surface area contributed by atoms with Crippen LogP contribution in [-0.4, -0.2) is 25.7 Å². The normalized spacial score (nSPS) is 18.9. The van der Waals surface area contributed by atoms with Gasteiger partial charge in [-0.1, -0.05) is 19.9 Å². The van der Waals surface area contributed by atoms with Crippen LogP contribution in [0.2, 0.25) is 0 Å². The summed E-state index contributed by atoms with van der Waals surface area (Å²) in [7, 11) is 0. The molecule has 20 heavy (non-hydrogen) atoms. The number of rotatable bonds is 5. The van der Waals surface area contributed by atoms with E-state index in [1.165, 1.54) is 6.42 Å². The molecule has 1 amide bonds. The van der Waals surface area contributed by atoms with Crippen molar-refractivity contribution in [1.82, 2.24) is 0 Å². The highest BCUT2D eigenvalue weighted by molar-refractivity contribution is 5.92. The van der Waals surface area contributed by atoms with E-state index in [1.54, 1.807) is 0 Å². The van der Waals surface area contributed by atoms with Gasteiger partial charge in [0, 0.05) is 30.4 Å². The SMILES string of the molecule is CC(C)C(=O)Nc1cccc(NCC2CCCOC2)c1.